The van der Waals surface area contributed by atoms with Gasteiger partial charge in [0.1, 0.15) is 0 Å². The standard InChI is InChI=1S/C8H17NO.C4H10/c1-2-3-4-5-6-7-8(9)10;1-3-4-2/h2-7H2,1H3,(H2,9,10);3-4H2,1-2H3. The van der Waals surface area contributed by atoms with Gasteiger partial charge in [-0.15, -0.1) is 0 Å². The summed E-state index contributed by atoms with van der Waals surface area (Å²) in [5, 5.41) is 0. The molecule has 86 valence electrons. The van der Waals surface area contributed by atoms with Crippen LogP contribution >= 0.6 is 0 Å². The number of amides is 1. The maximum Gasteiger partial charge on any atom is 0.217 e. The zero-order valence-corrected chi connectivity index (χ0v) is 10.1. The summed E-state index contributed by atoms with van der Waals surface area (Å²) in [7, 11) is 0. The first-order chi connectivity index (χ1) is 6.68. The summed E-state index contributed by atoms with van der Waals surface area (Å²) in [6.45, 7) is 6.54. The van der Waals surface area contributed by atoms with E-state index in [1.54, 1.807) is 0 Å². The molecular formula is C12H27NO. The van der Waals surface area contributed by atoms with Crippen molar-refractivity contribution in [3.05, 3.63) is 0 Å². The van der Waals surface area contributed by atoms with E-state index in [2.05, 4.69) is 20.8 Å². The molecule has 2 N–H and O–H groups in total. The molecule has 0 aromatic rings. The fraction of sp³-hybridized carbons (Fsp3) is 0.917. The molecule has 14 heavy (non-hydrogen) atoms. The van der Waals surface area contributed by atoms with Crippen molar-refractivity contribution >= 4 is 5.91 Å². The van der Waals surface area contributed by atoms with Crippen molar-refractivity contribution in [3.63, 3.8) is 0 Å². The first-order valence-corrected chi connectivity index (χ1v) is 5.97. The molecule has 0 aliphatic heterocycles. The number of primary amides is 1. The van der Waals surface area contributed by atoms with Crippen molar-refractivity contribution in [2.75, 3.05) is 0 Å². The van der Waals surface area contributed by atoms with Crippen LogP contribution in [0.25, 0.3) is 0 Å². The van der Waals surface area contributed by atoms with Crippen LogP contribution in [0.2, 0.25) is 0 Å². The Balaban J connectivity index is 0. The third-order valence-electron chi connectivity index (χ3n) is 2.03. The van der Waals surface area contributed by atoms with E-state index in [-0.39, 0.29) is 5.91 Å². The molecule has 0 heterocycles. The van der Waals surface area contributed by atoms with Gasteiger partial charge in [0.25, 0.3) is 0 Å². The molecular weight excluding hydrogens is 174 g/mol. The van der Waals surface area contributed by atoms with E-state index in [0.717, 1.165) is 12.8 Å². The molecule has 1 amide bonds. The van der Waals surface area contributed by atoms with Crippen molar-refractivity contribution in [2.45, 2.75) is 72.1 Å². The van der Waals surface area contributed by atoms with E-state index in [4.69, 9.17) is 5.73 Å². The number of hydrogen-bond donors (Lipinski definition) is 1. The van der Waals surface area contributed by atoms with E-state index in [0.29, 0.717) is 6.42 Å². The summed E-state index contributed by atoms with van der Waals surface area (Å²) in [6, 6.07) is 0. The van der Waals surface area contributed by atoms with Crippen LogP contribution in [-0.4, -0.2) is 5.91 Å². The molecule has 0 unspecified atom stereocenters. The summed E-state index contributed by atoms with van der Waals surface area (Å²) in [5.74, 6) is -0.170. The molecule has 0 aromatic heterocycles. The Morgan fingerprint density at radius 1 is 0.857 bits per heavy atom. The second-order valence-electron chi connectivity index (χ2n) is 3.63. The second kappa shape index (κ2) is 15.0. The van der Waals surface area contributed by atoms with E-state index in [9.17, 15) is 4.79 Å². The lowest BCUT2D eigenvalue weighted by Gasteiger charge is -1.95. The highest BCUT2D eigenvalue weighted by Gasteiger charge is 1.92. The van der Waals surface area contributed by atoms with Gasteiger partial charge in [0.2, 0.25) is 5.91 Å². The van der Waals surface area contributed by atoms with Crippen LogP contribution in [0.1, 0.15) is 72.1 Å². The Morgan fingerprint density at radius 3 is 1.71 bits per heavy atom. The molecule has 0 saturated heterocycles. The predicted octanol–water partition coefficient (Wildman–Crippen LogP) is 3.64. The van der Waals surface area contributed by atoms with Gasteiger partial charge < -0.3 is 5.73 Å². The lowest BCUT2D eigenvalue weighted by atomic mass is 10.1. The largest absolute Gasteiger partial charge is 0.370 e. The first kappa shape index (κ1) is 15.9. The summed E-state index contributed by atoms with van der Waals surface area (Å²) in [5.41, 5.74) is 4.97. The molecule has 2 nitrogen and oxygen atoms in total. The van der Waals surface area contributed by atoms with Gasteiger partial charge in [0.05, 0.1) is 0 Å². The maximum absolute atomic E-state index is 10.3. The van der Waals surface area contributed by atoms with Crippen LogP contribution in [-0.2, 0) is 4.79 Å². The van der Waals surface area contributed by atoms with Crippen LogP contribution in [0, 0.1) is 0 Å². The molecule has 0 saturated carbocycles. The van der Waals surface area contributed by atoms with E-state index in [1.165, 1.54) is 32.1 Å². The Morgan fingerprint density at radius 2 is 1.36 bits per heavy atom. The Hall–Kier alpha value is -0.530. The van der Waals surface area contributed by atoms with Crippen molar-refractivity contribution < 1.29 is 4.79 Å². The highest BCUT2D eigenvalue weighted by molar-refractivity contribution is 5.73. The number of carbonyl (C=O) groups is 1. The van der Waals surface area contributed by atoms with Gasteiger partial charge in [-0.05, 0) is 6.42 Å². The van der Waals surface area contributed by atoms with Crippen molar-refractivity contribution in [3.8, 4) is 0 Å². The molecule has 0 fully saturated rings. The normalized spacial score (nSPS) is 9.07. The summed E-state index contributed by atoms with van der Waals surface area (Å²) < 4.78 is 0. The maximum atomic E-state index is 10.3. The minimum Gasteiger partial charge on any atom is -0.370 e. The number of nitrogens with two attached hydrogens (primary N) is 1. The van der Waals surface area contributed by atoms with Crippen molar-refractivity contribution in [2.24, 2.45) is 5.73 Å². The fourth-order valence-electron chi connectivity index (χ4n) is 0.903. The Kier molecular flexibility index (Phi) is 17.0. The Labute approximate surface area is 89.3 Å². The molecule has 0 aliphatic rings. The summed E-state index contributed by atoms with van der Waals surface area (Å²) >= 11 is 0. The average molecular weight is 201 g/mol. The van der Waals surface area contributed by atoms with Gasteiger partial charge in [0.15, 0.2) is 0 Å². The van der Waals surface area contributed by atoms with Gasteiger partial charge in [-0.3, -0.25) is 4.79 Å². The molecule has 2 heteroatoms. The first-order valence-electron chi connectivity index (χ1n) is 5.97. The smallest absolute Gasteiger partial charge is 0.217 e. The quantitative estimate of drug-likeness (QED) is 0.628. The zero-order chi connectivity index (χ0) is 11.2. The molecule has 0 atom stereocenters. The molecule has 0 aromatic carbocycles. The van der Waals surface area contributed by atoms with Crippen LogP contribution < -0.4 is 5.73 Å². The fourth-order valence-corrected chi connectivity index (χ4v) is 0.903. The molecule has 0 bridgehead atoms. The van der Waals surface area contributed by atoms with Gasteiger partial charge in [0, 0.05) is 6.42 Å². The highest BCUT2D eigenvalue weighted by Crippen LogP contribution is 2.03. The minimum atomic E-state index is -0.170. The van der Waals surface area contributed by atoms with Gasteiger partial charge in [-0.2, -0.15) is 0 Å². The topological polar surface area (TPSA) is 43.1 Å². The number of carbonyl (C=O) groups excluding carboxylic acids is 1. The molecule has 0 radical (unpaired) electrons. The summed E-state index contributed by atoms with van der Waals surface area (Å²) in [4.78, 5) is 10.3. The second-order valence-corrected chi connectivity index (χ2v) is 3.63. The molecule has 0 aliphatic carbocycles. The number of unbranched alkanes of at least 4 members (excludes halogenated alkanes) is 5. The lowest BCUT2D eigenvalue weighted by Crippen LogP contribution is -2.09. The van der Waals surface area contributed by atoms with Gasteiger partial charge in [-0.1, -0.05) is 59.3 Å². The number of hydrogen-bond acceptors (Lipinski definition) is 1. The zero-order valence-electron chi connectivity index (χ0n) is 10.1. The minimum absolute atomic E-state index is 0.170. The van der Waals surface area contributed by atoms with Crippen LogP contribution in [0.3, 0.4) is 0 Å². The SMILES string of the molecule is CCCC.CCCCCCCC(N)=O. The van der Waals surface area contributed by atoms with E-state index < -0.39 is 0 Å². The molecule has 0 rings (SSSR count). The third-order valence-corrected chi connectivity index (χ3v) is 2.03. The molecule has 0 spiro atoms. The predicted molar refractivity (Wildman–Crippen MR) is 63.2 cm³/mol. The van der Waals surface area contributed by atoms with Gasteiger partial charge in [-0.25, -0.2) is 0 Å². The van der Waals surface area contributed by atoms with E-state index in [1.807, 2.05) is 0 Å². The van der Waals surface area contributed by atoms with Crippen molar-refractivity contribution in [1.29, 1.82) is 0 Å². The van der Waals surface area contributed by atoms with Crippen LogP contribution in [0.5, 0.6) is 0 Å². The average Bonchev–Trinajstić information content (AvgIpc) is 2.18. The monoisotopic (exact) mass is 201 g/mol. The number of rotatable bonds is 7. The highest BCUT2D eigenvalue weighted by atomic mass is 16.1. The van der Waals surface area contributed by atoms with Gasteiger partial charge >= 0.3 is 0 Å². The van der Waals surface area contributed by atoms with Crippen molar-refractivity contribution in [1.82, 2.24) is 0 Å². The third kappa shape index (κ3) is 22.5. The van der Waals surface area contributed by atoms with E-state index >= 15 is 0 Å². The summed E-state index contributed by atoms with van der Waals surface area (Å²) in [6.07, 6.45) is 9.08. The van der Waals surface area contributed by atoms with Crippen LogP contribution in [0.4, 0.5) is 0 Å². The lowest BCUT2D eigenvalue weighted by molar-refractivity contribution is -0.118. The Bertz CT molecular complexity index is 111. The van der Waals surface area contributed by atoms with Crippen LogP contribution in [0.15, 0.2) is 0 Å².